The molecule has 0 aromatic heterocycles. The van der Waals surface area contributed by atoms with Crippen LogP contribution in [0.1, 0.15) is 15.9 Å². The Balaban J connectivity index is 2.04. The van der Waals surface area contributed by atoms with E-state index in [4.69, 9.17) is 14.2 Å². The Kier molecular flexibility index (Phi) is 6.17. The topological polar surface area (TPSA) is 71.1 Å². The largest absolute Gasteiger partial charge is 0.497 e. The Morgan fingerprint density at radius 2 is 1.56 bits per heavy atom. The Bertz CT molecular complexity index is 777. The van der Waals surface area contributed by atoms with Crippen LogP contribution in [0.2, 0.25) is 0 Å². The molecule has 0 fully saturated rings. The summed E-state index contributed by atoms with van der Waals surface area (Å²) in [7, 11) is 4.40. The Hall–Kier alpha value is -3.28. The van der Waals surface area contributed by atoms with Crippen LogP contribution in [0.3, 0.4) is 0 Å². The number of ether oxygens (including phenoxy) is 4. The van der Waals surface area contributed by atoms with Gasteiger partial charge in [-0.15, -0.1) is 0 Å². The van der Waals surface area contributed by atoms with Gasteiger partial charge < -0.3 is 18.9 Å². The average Bonchev–Trinajstić information content (AvgIpc) is 2.66. The number of rotatable bonds is 6. The highest BCUT2D eigenvalue weighted by Gasteiger charge is 2.07. The highest BCUT2D eigenvalue weighted by molar-refractivity contribution is 5.90. The molecule has 130 valence electrons. The van der Waals surface area contributed by atoms with Crippen molar-refractivity contribution in [2.24, 2.45) is 0 Å². The molecule has 0 aliphatic rings. The lowest BCUT2D eigenvalue weighted by molar-refractivity contribution is -0.128. The molecule has 0 heterocycles. The summed E-state index contributed by atoms with van der Waals surface area (Å²) in [6.45, 7) is 0. The SMILES string of the molecule is COC(=O)c1ccc(OC(=O)/C=C/c2ccc(OC)cc2OC)cc1. The quantitative estimate of drug-likeness (QED) is 0.456. The maximum atomic E-state index is 11.9. The molecular weight excluding hydrogens is 324 g/mol. The first-order chi connectivity index (χ1) is 12.1. The molecule has 0 radical (unpaired) electrons. The fourth-order valence-corrected chi connectivity index (χ4v) is 2.04. The van der Waals surface area contributed by atoms with Gasteiger partial charge in [0.2, 0.25) is 0 Å². The van der Waals surface area contributed by atoms with E-state index in [0.717, 1.165) is 0 Å². The Morgan fingerprint density at radius 1 is 0.880 bits per heavy atom. The van der Waals surface area contributed by atoms with Gasteiger partial charge in [-0.05, 0) is 42.5 Å². The zero-order valence-electron chi connectivity index (χ0n) is 14.1. The van der Waals surface area contributed by atoms with Crippen molar-refractivity contribution < 1.29 is 28.5 Å². The van der Waals surface area contributed by atoms with Crippen LogP contribution < -0.4 is 14.2 Å². The van der Waals surface area contributed by atoms with Gasteiger partial charge in [0.05, 0.1) is 26.9 Å². The van der Waals surface area contributed by atoms with Crippen molar-refractivity contribution in [3.8, 4) is 17.2 Å². The molecule has 0 spiro atoms. The third kappa shape index (κ3) is 4.84. The van der Waals surface area contributed by atoms with E-state index in [1.807, 2.05) is 0 Å². The summed E-state index contributed by atoms with van der Waals surface area (Å²) < 4.78 is 20.2. The van der Waals surface area contributed by atoms with Crippen LogP contribution in [-0.2, 0) is 9.53 Å². The van der Waals surface area contributed by atoms with E-state index >= 15 is 0 Å². The van der Waals surface area contributed by atoms with Crippen LogP contribution in [0, 0.1) is 0 Å². The number of hydrogen-bond acceptors (Lipinski definition) is 6. The maximum Gasteiger partial charge on any atom is 0.337 e. The van der Waals surface area contributed by atoms with Gasteiger partial charge in [-0.3, -0.25) is 0 Å². The van der Waals surface area contributed by atoms with Crippen molar-refractivity contribution in [3.63, 3.8) is 0 Å². The maximum absolute atomic E-state index is 11.9. The van der Waals surface area contributed by atoms with Gasteiger partial charge in [0.25, 0.3) is 0 Å². The van der Waals surface area contributed by atoms with Crippen molar-refractivity contribution >= 4 is 18.0 Å². The first-order valence-electron chi connectivity index (χ1n) is 7.37. The molecule has 25 heavy (non-hydrogen) atoms. The predicted octanol–water partition coefficient (Wildman–Crippen LogP) is 3.11. The Labute approximate surface area is 145 Å². The number of carbonyl (C=O) groups excluding carboxylic acids is 2. The number of benzene rings is 2. The lowest BCUT2D eigenvalue weighted by atomic mass is 10.1. The van der Waals surface area contributed by atoms with Crippen LogP contribution in [0.25, 0.3) is 6.08 Å². The van der Waals surface area contributed by atoms with Crippen molar-refractivity contribution in [1.29, 1.82) is 0 Å². The normalized spacial score (nSPS) is 10.4. The highest BCUT2D eigenvalue weighted by Crippen LogP contribution is 2.25. The molecule has 0 N–H and O–H groups in total. The average molecular weight is 342 g/mol. The van der Waals surface area contributed by atoms with Gasteiger partial charge in [0.15, 0.2) is 0 Å². The second kappa shape index (κ2) is 8.54. The number of hydrogen-bond donors (Lipinski definition) is 0. The van der Waals surface area contributed by atoms with Gasteiger partial charge in [0.1, 0.15) is 17.2 Å². The van der Waals surface area contributed by atoms with Crippen LogP contribution in [-0.4, -0.2) is 33.3 Å². The minimum atomic E-state index is -0.552. The van der Waals surface area contributed by atoms with Crippen molar-refractivity contribution in [2.75, 3.05) is 21.3 Å². The zero-order valence-corrected chi connectivity index (χ0v) is 14.1. The summed E-state index contributed by atoms with van der Waals surface area (Å²) in [6.07, 6.45) is 2.88. The van der Waals surface area contributed by atoms with E-state index in [-0.39, 0.29) is 0 Å². The van der Waals surface area contributed by atoms with Crippen molar-refractivity contribution in [2.45, 2.75) is 0 Å². The number of esters is 2. The molecule has 0 amide bonds. The second-order valence-corrected chi connectivity index (χ2v) is 4.88. The van der Waals surface area contributed by atoms with Crippen LogP contribution >= 0.6 is 0 Å². The Morgan fingerprint density at radius 3 is 2.16 bits per heavy atom. The highest BCUT2D eigenvalue weighted by atomic mass is 16.5. The molecule has 0 atom stereocenters. The predicted molar refractivity (Wildman–Crippen MR) is 92.0 cm³/mol. The molecule has 2 aromatic rings. The van der Waals surface area contributed by atoms with Gasteiger partial charge in [-0.2, -0.15) is 0 Å². The summed E-state index contributed by atoms with van der Waals surface area (Å²) in [5, 5.41) is 0. The fraction of sp³-hybridized carbons (Fsp3) is 0.158. The molecule has 0 bridgehead atoms. The second-order valence-electron chi connectivity index (χ2n) is 4.88. The van der Waals surface area contributed by atoms with Crippen LogP contribution in [0.15, 0.2) is 48.5 Å². The third-order valence-electron chi connectivity index (χ3n) is 3.33. The molecule has 0 saturated carbocycles. The molecule has 6 nitrogen and oxygen atoms in total. The molecule has 0 aliphatic carbocycles. The molecule has 2 rings (SSSR count). The van der Waals surface area contributed by atoms with E-state index in [2.05, 4.69) is 4.74 Å². The van der Waals surface area contributed by atoms with E-state index in [1.165, 1.54) is 44.6 Å². The summed E-state index contributed by atoms with van der Waals surface area (Å²) in [6, 6.07) is 11.3. The third-order valence-corrected chi connectivity index (χ3v) is 3.33. The molecule has 2 aromatic carbocycles. The summed E-state index contributed by atoms with van der Waals surface area (Å²) >= 11 is 0. The first kappa shape index (κ1) is 18.1. The van der Waals surface area contributed by atoms with E-state index in [9.17, 15) is 9.59 Å². The standard InChI is InChI=1S/C19H18O6/c1-22-16-10-4-13(17(12-16)23-2)7-11-18(20)25-15-8-5-14(6-9-15)19(21)24-3/h4-12H,1-3H3/b11-7+. The van der Waals surface area contributed by atoms with Gasteiger partial charge in [-0.25, -0.2) is 9.59 Å². The van der Waals surface area contributed by atoms with Crippen LogP contribution in [0.5, 0.6) is 17.2 Å². The van der Waals surface area contributed by atoms with E-state index < -0.39 is 11.9 Å². The summed E-state index contributed by atoms with van der Waals surface area (Å²) in [5.41, 5.74) is 1.09. The lowest BCUT2D eigenvalue weighted by Crippen LogP contribution is -2.05. The minimum absolute atomic E-state index is 0.323. The molecular formula is C19H18O6. The van der Waals surface area contributed by atoms with Crippen LogP contribution in [0.4, 0.5) is 0 Å². The molecule has 0 saturated heterocycles. The monoisotopic (exact) mass is 342 g/mol. The first-order valence-corrected chi connectivity index (χ1v) is 7.37. The van der Waals surface area contributed by atoms with Gasteiger partial charge >= 0.3 is 11.9 Å². The zero-order chi connectivity index (χ0) is 18.2. The lowest BCUT2D eigenvalue weighted by Gasteiger charge is -2.07. The van der Waals surface area contributed by atoms with Crippen molar-refractivity contribution in [3.05, 3.63) is 59.7 Å². The fourth-order valence-electron chi connectivity index (χ4n) is 2.04. The summed E-state index contributed by atoms with van der Waals surface area (Å²) in [5.74, 6) is 0.546. The minimum Gasteiger partial charge on any atom is -0.497 e. The molecule has 0 aliphatic heterocycles. The van der Waals surface area contributed by atoms with Gasteiger partial charge in [0, 0.05) is 17.7 Å². The summed E-state index contributed by atoms with van der Waals surface area (Å²) in [4.78, 5) is 23.3. The molecule has 0 unspecified atom stereocenters. The number of methoxy groups -OCH3 is 3. The van der Waals surface area contributed by atoms with E-state index in [1.54, 1.807) is 31.4 Å². The van der Waals surface area contributed by atoms with Crippen molar-refractivity contribution in [1.82, 2.24) is 0 Å². The smallest absolute Gasteiger partial charge is 0.337 e. The van der Waals surface area contributed by atoms with E-state index in [0.29, 0.717) is 28.4 Å². The number of carbonyl (C=O) groups is 2. The van der Waals surface area contributed by atoms with Gasteiger partial charge in [-0.1, -0.05) is 0 Å². The molecule has 6 heteroatoms.